The summed E-state index contributed by atoms with van der Waals surface area (Å²) in [6.45, 7) is 2.33. The lowest BCUT2D eigenvalue weighted by molar-refractivity contribution is 0.0917. The highest BCUT2D eigenvalue weighted by Gasteiger charge is 2.19. The van der Waals surface area contributed by atoms with Crippen LogP contribution in [0.2, 0.25) is 5.02 Å². The number of benzene rings is 2. The number of halogens is 2. The van der Waals surface area contributed by atoms with Crippen LogP contribution in [0, 0.1) is 5.82 Å². The number of nitrogens with one attached hydrogen (secondary N) is 3. The second-order valence-corrected chi connectivity index (χ2v) is 8.54. The molecule has 1 aliphatic rings. The molecule has 1 aliphatic heterocycles. The van der Waals surface area contributed by atoms with E-state index in [1.165, 1.54) is 18.3 Å². The van der Waals surface area contributed by atoms with E-state index in [9.17, 15) is 9.18 Å². The molecule has 1 aromatic heterocycles. The van der Waals surface area contributed by atoms with Gasteiger partial charge in [0.1, 0.15) is 10.8 Å². The van der Waals surface area contributed by atoms with E-state index < -0.39 is 0 Å². The Hall–Kier alpha value is -3.23. The average molecular weight is 469 g/mol. The average Bonchev–Trinajstić information content (AvgIpc) is 2.81. The minimum absolute atomic E-state index is 0.0947. The number of carbonyl (C=O) groups is 1. The number of nitrogens with zero attached hydrogens (tertiary/aromatic N) is 3. The van der Waals surface area contributed by atoms with E-state index in [2.05, 4.69) is 37.9 Å². The molecule has 9 heteroatoms. The molecule has 0 radical (unpaired) electrons. The minimum atomic E-state index is -0.301. The van der Waals surface area contributed by atoms with Gasteiger partial charge in [-0.3, -0.25) is 4.79 Å². The molecule has 1 amide bonds. The van der Waals surface area contributed by atoms with Crippen molar-refractivity contribution in [3.63, 3.8) is 0 Å². The molecule has 0 unspecified atom stereocenters. The molecule has 0 atom stereocenters. The van der Waals surface area contributed by atoms with Crippen LogP contribution < -0.4 is 16.0 Å². The van der Waals surface area contributed by atoms with Gasteiger partial charge in [0, 0.05) is 23.8 Å². The predicted molar refractivity (Wildman–Crippen MR) is 128 cm³/mol. The lowest BCUT2D eigenvalue weighted by Crippen LogP contribution is -2.43. The third kappa shape index (κ3) is 6.40. The topological polar surface area (TPSA) is 82.2 Å². The lowest BCUT2D eigenvalue weighted by Gasteiger charge is -2.29. The number of rotatable bonds is 7. The monoisotopic (exact) mass is 468 g/mol. The number of aromatic nitrogens is 2. The van der Waals surface area contributed by atoms with E-state index in [1.807, 2.05) is 18.2 Å². The van der Waals surface area contributed by atoms with Gasteiger partial charge < -0.3 is 20.9 Å². The van der Waals surface area contributed by atoms with Crippen molar-refractivity contribution in [2.75, 3.05) is 30.8 Å². The minimum Gasteiger partial charge on any atom is -0.365 e. The molecule has 172 valence electrons. The van der Waals surface area contributed by atoms with E-state index in [1.54, 1.807) is 18.2 Å². The first-order valence-corrected chi connectivity index (χ1v) is 11.2. The number of hydrogen-bond acceptors (Lipinski definition) is 6. The van der Waals surface area contributed by atoms with E-state index in [-0.39, 0.29) is 17.8 Å². The molecule has 33 heavy (non-hydrogen) atoms. The van der Waals surface area contributed by atoms with Crippen LogP contribution in [0.15, 0.2) is 54.7 Å². The molecule has 7 nitrogen and oxygen atoms in total. The van der Waals surface area contributed by atoms with Gasteiger partial charge in [0.05, 0.1) is 6.20 Å². The van der Waals surface area contributed by atoms with Gasteiger partial charge in [-0.25, -0.2) is 9.37 Å². The fourth-order valence-corrected chi connectivity index (χ4v) is 3.83. The molecule has 0 bridgehead atoms. The number of amides is 1. The molecule has 3 aromatic rings. The first kappa shape index (κ1) is 22.9. The maximum absolute atomic E-state index is 13.4. The zero-order chi connectivity index (χ0) is 23.2. The first-order chi connectivity index (χ1) is 16.0. The summed E-state index contributed by atoms with van der Waals surface area (Å²) in [6.07, 6.45) is 3.38. The molecule has 2 heterocycles. The predicted octanol–water partition coefficient (Wildman–Crippen LogP) is 4.45. The number of carbonyl (C=O) groups excluding carboxylic acids is 1. The van der Waals surface area contributed by atoms with E-state index in [4.69, 9.17) is 11.6 Å². The Kier molecular flexibility index (Phi) is 7.36. The van der Waals surface area contributed by atoms with Crippen molar-refractivity contribution in [1.82, 2.24) is 20.2 Å². The molecule has 4 rings (SSSR count). The van der Waals surface area contributed by atoms with Gasteiger partial charge in [-0.05, 0) is 68.9 Å². The quantitative estimate of drug-likeness (QED) is 0.475. The summed E-state index contributed by atoms with van der Waals surface area (Å²) in [6, 6.07) is 13.7. The third-order valence-corrected chi connectivity index (χ3v) is 5.80. The Morgan fingerprint density at radius 1 is 1.18 bits per heavy atom. The molecule has 1 fully saturated rings. The Balaban J connectivity index is 1.40. The van der Waals surface area contributed by atoms with Crippen LogP contribution in [0.3, 0.4) is 0 Å². The van der Waals surface area contributed by atoms with Crippen LogP contribution in [0.5, 0.6) is 0 Å². The first-order valence-electron chi connectivity index (χ1n) is 10.8. The zero-order valence-corrected chi connectivity index (χ0v) is 19.1. The van der Waals surface area contributed by atoms with Crippen molar-refractivity contribution in [2.24, 2.45) is 0 Å². The Morgan fingerprint density at radius 2 is 1.97 bits per heavy atom. The Labute approximate surface area is 197 Å². The SMILES string of the molecule is CN1CCC(NC(=O)c2cccc(Nc3ncc(Cl)c(NCc4cccc(F)c4)n3)c2)CC1. The fourth-order valence-electron chi connectivity index (χ4n) is 3.67. The summed E-state index contributed by atoms with van der Waals surface area (Å²) < 4.78 is 13.4. The summed E-state index contributed by atoms with van der Waals surface area (Å²) in [7, 11) is 2.09. The van der Waals surface area contributed by atoms with E-state index in [0.717, 1.165) is 31.5 Å². The standard InChI is InChI=1S/C24H26ClFN6O/c1-32-10-8-19(9-11-32)29-23(33)17-5-3-7-20(13-17)30-24-28-15-21(25)22(31-24)27-14-16-4-2-6-18(26)12-16/h2-7,12-13,15,19H,8-11,14H2,1H3,(H,29,33)(H2,27,28,30,31). The lowest BCUT2D eigenvalue weighted by atomic mass is 10.0. The summed E-state index contributed by atoms with van der Waals surface area (Å²) in [5.41, 5.74) is 2.02. The van der Waals surface area contributed by atoms with Gasteiger partial charge >= 0.3 is 0 Å². The maximum atomic E-state index is 13.4. The molecule has 0 saturated carbocycles. The fraction of sp³-hybridized carbons (Fsp3) is 0.292. The smallest absolute Gasteiger partial charge is 0.251 e. The van der Waals surface area contributed by atoms with Crippen LogP contribution in [0.25, 0.3) is 0 Å². The van der Waals surface area contributed by atoms with E-state index >= 15 is 0 Å². The molecule has 2 aromatic carbocycles. The third-order valence-electron chi connectivity index (χ3n) is 5.53. The highest BCUT2D eigenvalue weighted by Crippen LogP contribution is 2.23. The van der Waals surface area contributed by atoms with Gasteiger partial charge in [-0.15, -0.1) is 0 Å². The summed E-state index contributed by atoms with van der Waals surface area (Å²) in [5, 5.41) is 9.69. The van der Waals surface area contributed by atoms with Crippen LogP contribution in [0.1, 0.15) is 28.8 Å². The molecular weight excluding hydrogens is 443 g/mol. The van der Waals surface area contributed by atoms with Gasteiger partial charge in [-0.2, -0.15) is 4.98 Å². The van der Waals surface area contributed by atoms with Gasteiger partial charge in [-0.1, -0.05) is 29.8 Å². The molecule has 0 aliphatic carbocycles. The summed E-state index contributed by atoms with van der Waals surface area (Å²) in [4.78, 5) is 23.6. The van der Waals surface area contributed by atoms with Crippen LogP contribution in [-0.4, -0.2) is 47.0 Å². The van der Waals surface area contributed by atoms with E-state index in [0.29, 0.717) is 34.6 Å². The van der Waals surface area contributed by atoms with Gasteiger partial charge in [0.15, 0.2) is 5.82 Å². The molecule has 3 N–H and O–H groups in total. The van der Waals surface area contributed by atoms with Crippen LogP contribution in [0.4, 0.5) is 21.8 Å². The number of hydrogen-bond donors (Lipinski definition) is 3. The molecule has 0 spiro atoms. The zero-order valence-electron chi connectivity index (χ0n) is 18.3. The molecular formula is C24H26ClFN6O. The highest BCUT2D eigenvalue weighted by molar-refractivity contribution is 6.32. The number of anilines is 3. The number of likely N-dealkylation sites (tertiary alicyclic amines) is 1. The second-order valence-electron chi connectivity index (χ2n) is 8.13. The largest absolute Gasteiger partial charge is 0.365 e. The second kappa shape index (κ2) is 10.6. The van der Waals surface area contributed by atoms with Crippen molar-refractivity contribution in [1.29, 1.82) is 0 Å². The molecule has 1 saturated heterocycles. The normalized spacial score (nSPS) is 14.6. The highest BCUT2D eigenvalue weighted by atomic mass is 35.5. The summed E-state index contributed by atoms with van der Waals surface area (Å²) in [5.74, 6) is 0.358. The Bertz CT molecular complexity index is 1120. The maximum Gasteiger partial charge on any atom is 0.251 e. The summed E-state index contributed by atoms with van der Waals surface area (Å²) >= 11 is 6.22. The van der Waals surface area contributed by atoms with Gasteiger partial charge in [0.2, 0.25) is 5.95 Å². The van der Waals surface area contributed by atoms with Crippen molar-refractivity contribution >= 4 is 35.0 Å². The van der Waals surface area contributed by atoms with Gasteiger partial charge in [0.25, 0.3) is 5.91 Å². The van der Waals surface area contributed by atoms with Crippen molar-refractivity contribution in [3.8, 4) is 0 Å². The number of piperidine rings is 1. The van der Waals surface area contributed by atoms with Crippen molar-refractivity contribution in [2.45, 2.75) is 25.4 Å². The van der Waals surface area contributed by atoms with Crippen molar-refractivity contribution in [3.05, 3.63) is 76.7 Å². The van der Waals surface area contributed by atoms with Crippen LogP contribution >= 0.6 is 11.6 Å². The van der Waals surface area contributed by atoms with Crippen LogP contribution in [-0.2, 0) is 6.54 Å². The van der Waals surface area contributed by atoms with Crippen molar-refractivity contribution < 1.29 is 9.18 Å². The Morgan fingerprint density at radius 3 is 2.76 bits per heavy atom.